The minimum atomic E-state index is -0.358. The van der Waals surface area contributed by atoms with Crippen molar-refractivity contribution in [3.05, 3.63) is 0 Å². The fourth-order valence-corrected chi connectivity index (χ4v) is 1.70. The van der Waals surface area contributed by atoms with Gasteiger partial charge in [0.25, 0.3) is 0 Å². The number of hydrogen-bond donors (Lipinski definition) is 2. The second kappa shape index (κ2) is 7.12. The van der Waals surface area contributed by atoms with Gasteiger partial charge < -0.3 is 10.4 Å². The van der Waals surface area contributed by atoms with Crippen LogP contribution < -0.4 is 5.32 Å². The molecular weight excluding hydrogens is 198 g/mol. The van der Waals surface area contributed by atoms with Gasteiger partial charge in [-0.25, -0.2) is 0 Å². The van der Waals surface area contributed by atoms with E-state index in [2.05, 4.69) is 19.2 Å². The Balaban J connectivity index is 3.60. The van der Waals surface area contributed by atoms with Crippen molar-refractivity contribution in [3.8, 4) is 0 Å². The van der Waals surface area contributed by atoms with Crippen LogP contribution in [0.4, 0.5) is 0 Å². The van der Waals surface area contributed by atoms with Crippen LogP contribution in [-0.2, 0) is 4.79 Å². The van der Waals surface area contributed by atoms with Crippen molar-refractivity contribution in [2.45, 2.75) is 51.5 Å². The highest BCUT2D eigenvalue weighted by molar-refractivity contribution is 8.00. The Labute approximate surface area is 90.7 Å². The number of nitrogens with one attached hydrogen (secondary N) is 1. The maximum absolute atomic E-state index is 11.3. The Morgan fingerprint density at radius 2 is 1.93 bits per heavy atom. The predicted molar refractivity (Wildman–Crippen MR) is 61.5 cm³/mol. The standard InChI is InChI=1S/C10H21NO2S/c1-7(2)14-6-10(13)11-8(3)5-9(4)12/h7-9,12H,5-6H2,1-4H3,(H,11,13). The van der Waals surface area contributed by atoms with Gasteiger partial charge in [0.2, 0.25) is 5.91 Å². The van der Waals surface area contributed by atoms with Gasteiger partial charge in [-0.15, -0.1) is 11.8 Å². The van der Waals surface area contributed by atoms with Gasteiger partial charge in [-0.05, 0) is 25.5 Å². The lowest BCUT2D eigenvalue weighted by molar-refractivity contribution is -0.119. The highest BCUT2D eigenvalue weighted by atomic mass is 32.2. The number of carbonyl (C=O) groups excluding carboxylic acids is 1. The van der Waals surface area contributed by atoms with E-state index in [-0.39, 0.29) is 18.1 Å². The topological polar surface area (TPSA) is 49.3 Å². The maximum Gasteiger partial charge on any atom is 0.230 e. The number of hydrogen-bond acceptors (Lipinski definition) is 3. The van der Waals surface area contributed by atoms with Crippen LogP contribution in [0.5, 0.6) is 0 Å². The molecule has 2 N–H and O–H groups in total. The van der Waals surface area contributed by atoms with Gasteiger partial charge in [0.1, 0.15) is 0 Å². The average Bonchev–Trinajstić information content (AvgIpc) is 1.98. The Morgan fingerprint density at radius 3 is 2.36 bits per heavy atom. The Morgan fingerprint density at radius 1 is 1.36 bits per heavy atom. The summed E-state index contributed by atoms with van der Waals surface area (Å²) in [6.07, 6.45) is 0.251. The summed E-state index contributed by atoms with van der Waals surface area (Å²) in [5, 5.41) is 12.4. The van der Waals surface area contributed by atoms with Crippen LogP contribution in [0.15, 0.2) is 0 Å². The molecule has 0 aliphatic heterocycles. The lowest BCUT2D eigenvalue weighted by atomic mass is 10.1. The molecule has 0 aromatic heterocycles. The first kappa shape index (κ1) is 13.8. The van der Waals surface area contributed by atoms with Gasteiger partial charge >= 0.3 is 0 Å². The molecular formula is C10H21NO2S. The molecule has 0 aromatic carbocycles. The summed E-state index contributed by atoms with van der Waals surface area (Å²) < 4.78 is 0. The molecule has 84 valence electrons. The smallest absolute Gasteiger partial charge is 0.230 e. The lowest BCUT2D eigenvalue weighted by Gasteiger charge is -2.15. The Kier molecular flexibility index (Phi) is 7.01. The first-order valence-corrected chi connectivity index (χ1v) is 6.05. The van der Waals surface area contributed by atoms with Crippen molar-refractivity contribution in [1.82, 2.24) is 5.32 Å². The van der Waals surface area contributed by atoms with Crippen molar-refractivity contribution >= 4 is 17.7 Å². The molecule has 0 rings (SSSR count). The molecule has 0 fully saturated rings. The second-order valence-corrected chi connectivity index (χ2v) is 5.48. The van der Waals surface area contributed by atoms with Gasteiger partial charge in [0.15, 0.2) is 0 Å². The predicted octanol–water partition coefficient (Wildman–Crippen LogP) is 1.40. The average molecular weight is 219 g/mol. The van der Waals surface area contributed by atoms with Gasteiger partial charge in [-0.1, -0.05) is 13.8 Å². The van der Waals surface area contributed by atoms with Crippen LogP contribution in [-0.4, -0.2) is 34.2 Å². The molecule has 0 saturated carbocycles. The molecule has 0 bridgehead atoms. The highest BCUT2D eigenvalue weighted by Crippen LogP contribution is 2.08. The van der Waals surface area contributed by atoms with E-state index in [0.717, 1.165) is 0 Å². The zero-order valence-corrected chi connectivity index (χ0v) is 10.2. The highest BCUT2D eigenvalue weighted by Gasteiger charge is 2.10. The van der Waals surface area contributed by atoms with Crippen molar-refractivity contribution in [3.63, 3.8) is 0 Å². The van der Waals surface area contributed by atoms with Gasteiger partial charge in [0.05, 0.1) is 11.9 Å². The normalized spacial score (nSPS) is 15.3. The van der Waals surface area contributed by atoms with Crippen molar-refractivity contribution < 1.29 is 9.90 Å². The second-order valence-electron chi connectivity index (χ2n) is 3.91. The van der Waals surface area contributed by atoms with E-state index in [4.69, 9.17) is 5.11 Å². The molecule has 14 heavy (non-hydrogen) atoms. The largest absolute Gasteiger partial charge is 0.393 e. The molecule has 4 heteroatoms. The van der Waals surface area contributed by atoms with E-state index in [9.17, 15) is 4.79 Å². The maximum atomic E-state index is 11.3. The van der Waals surface area contributed by atoms with Gasteiger partial charge in [-0.3, -0.25) is 4.79 Å². The zero-order valence-electron chi connectivity index (χ0n) is 9.41. The Hall–Kier alpha value is -0.220. The molecule has 2 unspecified atom stereocenters. The first-order chi connectivity index (χ1) is 6.41. The molecule has 3 nitrogen and oxygen atoms in total. The fourth-order valence-electron chi connectivity index (χ4n) is 1.13. The summed E-state index contributed by atoms with van der Waals surface area (Å²) >= 11 is 1.63. The molecule has 1 amide bonds. The summed E-state index contributed by atoms with van der Waals surface area (Å²) in [6, 6.07) is 0.0512. The Bertz CT molecular complexity index is 172. The molecule has 0 radical (unpaired) electrons. The van der Waals surface area contributed by atoms with E-state index in [0.29, 0.717) is 17.4 Å². The number of aliphatic hydroxyl groups is 1. The van der Waals surface area contributed by atoms with Crippen LogP contribution in [0.2, 0.25) is 0 Å². The van der Waals surface area contributed by atoms with Crippen molar-refractivity contribution in [2.24, 2.45) is 0 Å². The third-order valence-electron chi connectivity index (χ3n) is 1.65. The summed E-state index contributed by atoms with van der Waals surface area (Å²) in [6.45, 7) is 7.77. The molecule has 2 atom stereocenters. The van der Waals surface area contributed by atoms with Crippen LogP contribution in [0, 0.1) is 0 Å². The van der Waals surface area contributed by atoms with Gasteiger partial charge in [-0.2, -0.15) is 0 Å². The quantitative estimate of drug-likeness (QED) is 0.710. The number of carbonyl (C=O) groups is 1. The molecule has 0 aliphatic carbocycles. The van der Waals surface area contributed by atoms with Crippen LogP contribution in [0.3, 0.4) is 0 Å². The minimum Gasteiger partial charge on any atom is -0.393 e. The minimum absolute atomic E-state index is 0.0512. The number of aliphatic hydroxyl groups excluding tert-OH is 1. The lowest BCUT2D eigenvalue weighted by Crippen LogP contribution is -2.35. The zero-order chi connectivity index (χ0) is 11.1. The van der Waals surface area contributed by atoms with E-state index in [1.54, 1.807) is 18.7 Å². The number of thioether (sulfide) groups is 1. The number of rotatable bonds is 6. The van der Waals surface area contributed by atoms with Crippen LogP contribution in [0.25, 0.3) is 0 Å². The summed E-state index contributed by atoms with van der Waals surface area (Å²) in [7, 11) is 0. The van der Waals surface area contributed by atoms with Crippen molar-refractivity contribution in [1.29, 1.82) is 0 Å². The van der Waals surface area contributed by atoms with Crippen molar-refractivity contribution in [2.75, 3.05) is 5.75 Å². The summed E-state index contributed by atoms with van der Waals surface area (Å²) in [4.78, 5) is 11.3. The summed E-state index contributed by atoms with van der Waals surface area (Å²) in [5.41, 5.74) is 0. The van der Waals surface area contributed by atoms with Crippen LogP contribution >= 0.6 is 11.8 Å². The molecule has 0 aliphatic rings. The summed E-state index contributed by atoms with van der Waals surface area (Å²) in [5.74, 6) is 0.554. The van der Waals surface area contributed by atoms with Crippen LogP contribution in [0.1, 0.15) is 34.1 Å². The van der Waals surface area contributed by atoms with E-state index >= 15 is 0 Å². The molecule has 0 aromatic rings. The first-order valence-electron chi connectivity index (χ1n) is 5.00. The third-order valence-corrected chi connectivity index (χ3v) is 2.75. The molecule has 0 saturated heterocycles. The van der Waals surface area contributed by atoms with E-state index < -0.39 is 0 Å². The SMILES string of the molecule is CC(O)CC(C)NC(=O)CSC(C)C. The molecule has 0 heterocycles. The third kappa shape index (κ3) is 8.38. The van der Waals surface area contributed by atoms with Gasteiger partial charge in [0, 0.05) is 6.04 Å². The monoisotopic (exact) mass is 219 g/mol. The van der Waals surface area contributed by atoms with E-state index in [1.165, 1.54) is 0 Å². The van der Waals surface area contributed by atoms with E-state index in [1.807, 2.05) is 6.92 Å². The number of amides is 1. The molecule has 0 spiro atoms. The fraction of sp³-hybridized carbons (Fsp3) is 0.900.